The van der Waals surface area contributed by atoms with Crippen molar-refractivity contribution >= 4 is 5.78 Å². The normalized spacial score (nSPS) is 19.7. The van der Waals surface area contributed by atoms with Gasteiger partial charge < -0.3 is 4.90 Å². The maximum atomic E-state index is 12.1. The molecule has 0 aromatic heterocycles. The predicted octanol–water partition coefficient (Wildman–Crippen LogP) is 3.81. The molecule has 2 heteroatoms. The largest absolute Gasteiger partial charge is 0.309 e. The second-order valence-electron chi connectivity index (χ2n) is 5.81. The van der Waals surface area contributed by atoms with E-state index in [4.69, 9.17) is 0 Å². The molecule has 0 saturated heterocycles. The SMILES string of the molecule is CCCCCCCCC1=CCC(CN(C)C)C1=O. The Morgan fingerprint density at radius 3 is 2.50 bits per heavy atom. The number of allylic oxidation sites excluding steroid dienone is 2. The fourth-order valence-electron chi connectivity index (χ4n) is 2.67. The number of ketones is 1. The molecular weight excluding hydrogens is 222 g/mol. The quantitative estimate of drug-likeness (QED) is 0.581. The molecule has 0 saturated carbocycles. The molecule has 1 unspecified atom stereocenters. The first kappa shape index (κ1) is 15.4. The van der Waals surface area contributed by atoms with E-state index >= 15 is 0 Å². The van der Waals surface area contributed by atoms with Crippen molar-refractivity contribution in [1.29, 1.82) is 0 Å². The van der Waals surface area contributed by atoms with Gasteiger partial charge in [0.25, 0.3) is 0 Å². The van der Waals surface area contributed by atoms with E-state index in [9.17, 15) is 4.79 Å². The molecule has 0 aliphatic heterocycles. The molecule has 1 aliphatic carbocycles. The number of nitrogens with zero attached hydrogens (tertiary/aromatic N) is 1. The molecule has 0 heterocycles. The maximum Gasteiger partial charge on any atom is 0.163 e. The van der Waals surface area contributed by atoms with E-state index in [-0.39, 0.29) is 5.92 Å². The maximum absolute atomic E-state index is 12.1. The van der Waals surface area contributed by atoms with Crippen LogP contribution in [-0.4, -0.2) is 31.3 Å². The second-order valence-corrected chi connectivity index (χ2v) is 5.81. The number of rotatable bonds is 9. The Balaban J connectivity index is 2.14. The van der Waals surface area contributed by atoms with Crippen LogP contribution in [0.25, 0.3) is 0 Å². The minimum atomic E-state index is 0.232. The summed E-state index contributed by atoms with van der Waals surface area (Å²) >= 11 is 0. The van der Waals surface area contributed by atoms with Crippen LogP contribution in [0.5, 0.6) is 0 Å². The van der Waals surface area contributed by atoms with Gasteiger partial charge >= 0.3 is 0 Å². The molecule has 0 aromatic rings. The Morgan fingerprint density at radius 1 is 1.17 bits per heavy atom. The van der Waals surface area contributed by atoms with Crippen molar-refractivity contribution in [1.82, 2.24) is 4.90 Å². The van der Waals surface area contributed by atoms with Gasteiger partial charge in [0, 0.05) is 12.5 Å². The van der Waals surface area contributed by atoms with Gasteiger partial charge in [-0.2, -0.15) is 0 Å². The molecule has 104 valence electrons. The molecule has 0 amide bonds. The van der Waals surface area contributed by atoms with Gasteiger partial charge in [-0.3, -0.25) is 4.79 Å². The lowest BCUT2D eigenvalue weighted by Gasteiger charge is -2.15. The van der Waals surface area contributed by atoms with Crippen molar-refractivity contribution in [3.63, 3.8) is 0 Å². The highest BCUT2D eigenvalue weighted by Crippen LogP contribution is 2.25. The van der Waals surface area contributed by atoms with Crippen molar-refractivity contribution in [2.24, 2.45) is 5.92 Å². The van der Waals surface area contributed by atoms with Crippen LogP contribution in [-0.2, 0) is 4.79 Å². The third-order valence-electron chi connectivity index (χ3n) is 3.72. The zero-order chi connectivity index (χ0) is 13.4. The smallest absolute Gasteiger partial charge is 0.163 e. The average molecular weight is 251 g/mol. The number of unbranched alkanes of at least 4 members (excludes halogenated alkanes) is 5. The van der Waals surface area contributed by atoms with Crippen LogP contribution in [0, 0.1) is 5.92 Å². The zero-order valence-corrected chi connectivity index (χ0v) is 12.4. The summed E-state index contributed by atoms with van der Waals surface area (Å²) < 4.78 is 0. The highest BCUT2D eigenvalue weighted by molar-refractivity contribution is 5.99. The summed E-state index contributed by atoms with van der Waals surface area (Å²) in [5.74, 6) is 0.646. The molecule has 0 bridgehead atoms. The number of carbonyl (C=O) groups is 1. The van der Waals surface area contributed by atoms with Crippen LogP contribution in [0.3, 0.4) is 0 Å². The number of hydrogen-bond acceptors (Lipinski definition) is 2. The first-order chi connectivity index (χ1) is 8.65. The Hall–Kier alpha value is -0.630. The van der Waals surface area contributed by atoms with Crippen molar-refractivity contribution < 1.29 is 4.79 Å². The Labute approximate surface area is 112 Å². The van der Waals surface area contributed by atoms with Crippen LogP contribution in [0.15, 0.2) is 11.6 Å². The topological polar surface area (TPSA) is 20.3 Å². The lowest BCUT2D eigenvalue weighted by Crippen LogP contribution is -2.25. The predicted molar refractivity (Wildman–Crippen MR) is 77.7 cm³/mol. The average Bonchev–Trinajstić information content (AvgIpc) is 2.65. The van der Waals surface area contributed by atoms with Gasteiger partial charge in [-0.05, 0) is 38.9 Å². The molecule has 0 spiro atoms. The van der Waals surface area contributed by atoms with Crippen LogP contribution in [0.1, 0.15) is 58.3 Å². The molecule has 0 fully saturated rings. The van der Waals surface area contributed by atoms with Gasteiger partial charge in [-0.1, -0.05) is 45.1 Å². The Kier molecular flexibility index (Phi) is 7.26. The number of Topliss-reactive ketones (excluding diaryl/α,β-unsaturated/α-hetero) is 1. The van der Waals surface area contributed by atoms with E-state index in [1.54, 1.807) is 0 Å². The summed E-state index contributed by atoms with van der Waals surface area (Å²) in [6.07, 6.45) is 12.0. The highest BCUT2D eigenvalue weighted by atomic mass is 16.1. The summed E-state index contributed by atoms with van der Waals surface area (Å²) in [5, 5.41) is 0. The first-order valence-electron chi connectivity index (χ1n) is 7.53. The van der Waals surface area contributed by atoms with E-state index < -0.39 is 0 Å². The van der Waals surface area contributed by atoms with Gasteiger partial charge in [0.05, 0.1) is 0 Å². The molecule has 2 nitrogen and oxygen atoms in total. The molecule has 18 heavy (non-hydrogen) atoms. The molecule has 1 atom stereocenters. The van der Waals surface area contributed by atoms with Crippen LogP contribution in [0.2, 0.25) is 0 Å². The van der Waals surface area contributed by atoms with E-state index in [2.05, 4.69) is 17.9 Å². The Bertz CT molecular complexity index is 281. The van der Waals surface area contributed by atoms with Crippen molar-refractivity contribution in [2.75, 3.05) is 20.6 Å². The third kappa shape index (κ3) is 5.34. The van der Waals surface area contributed by atoms with Gasteiger partial charge in [-0.15, -0.1) is 0 Å². The molecule has 0 radical (unpaired) electrons. The molecule has 1 aliphatic rings. The van der Waals surface area contributed by atoms with Gasteiger partial charge in [0.2, 0.25) is 0 Å². The third-order valence-corrected chi connectivity index (χ3v) is 3.72. The lowest BCUT2D eigenvalue weighted by molar-refractivity contribution is -0.118. The minimum Gasteiger partial charge on any atom is -0.309 e. The molecular formula is C16H29NO. The monoisotopic (exact) mass is 251 g/mol. The summed E-state index contributed by atoms with van der Waals surface area (Å²) in [7, 11) is 4.08. The highest BCUT2D eigenvalue weighted by Gasteiger charge is 2.26. The van der Waals surface area contributed by atoms with Crippen LogP contribution < -0.4 is 0 Å². The zero-order valence-electron chi connectivity index (χ0n) is 12.4. The fourth-order valence-corrected chi connectivity index (χ4v) is 2.67. The number of carbonyl (C=O) groups excluding carboxylic acids is 1. The summed E-state index contributed by atoms with van der Waals surface area (Å²) in [5.41, 5.74) is 1.11. The number of hydrogen-bond donors (Lipinski definition) is 0. The molecule has 1 rings (SSSR count). The van der Waals surface area contributed by atoms with Gasteiger partial charge in [-0.25, -0.2) is 0 Å². The molecule has 0 N–H and O–H groups in total. The standard InChI is InChI=1S/C16H29NO/c1-4-5-6-7-8-9-10-14-11-12-15(16(14)18)13-17(2)3/h11,15H,4-10,12-13H2,1-3H3. The van der Waals surface area contributed by atoms with Crippen molar-refractivity contribution in [3.8, 4) is 0 Å². The summed E-state index contributed by atoms with van der Waals surface area (Å²) in [6, 6.07) is 0. The van der Waals surface area contributed by atoms with E-state index in [0.29, 0.717) is 5.78 Å². The summed E-state index contributed by atoms with van der Waals surface area (Å²) in [6.45, 7) is 3.14. The van der Waals surface area contributed by atoms with Crippen LogP contribution >= 0.6 is 0 Å². The van der Waals surface area contributed by atoms with Gasteiger partial charge in [0.1, 0.15) is 0 Å². The van der Waals surface area contributed by atoms with E-state index in [1.807, 2.05) is 14.1 Å². The van der Waals surface area contributed by atoms with Crippen molar-refractivity contribution in [2.45, 2.75) is 58.3 Å². The fraction of sp³-hybridized carbons (Fsp3) is 0.812. The van der Waals surface area contributed by atoms with E-state index in [1.165, 1.54) is 38.5 Å². The minimum absolute atomic E-state index is 0.232. The van der Waals surface area contributed by atoms with Gasteiger partial charge in [0.15, 0.2) is 5.78 Å². The first-order valence-corrected chi connectivity index (χ1v) is 7.53. The lowest BCUT2D eigenvalue weighted by atomic mass is 9.99. The molecule has 0 aromatic carbocycles. The van der Waals surface area contributed by atoms with Crippen molar-refractivity contribution in [3.05, 3.63) is 11.6 Å². The Morgan fingerprint density at radius 2 is 1.83 bits per heavy atom. The second kappa shape index (κ2) is 8.47. The van der Waals surface area contributed by atoms with E-state index in [0.717, 1.165) is 25.0 Å². The van der Waals surface area contributed by atoms with Crippen LogP contribution in [0.4, 0.5) is 0 Å². The summed E-state index contributed by atoms with van der Waals surface area (Å²) in [4.78, 5) is 14.2.